The monoisotopic (exact) mass is 262 g/mol. The first kappa shape index (κ1) is 13.8. The van der Waals surface area contributed by atoms with Gasteiger partial charge in [0.25, 0.3) is 0 Å². The molecule has 1 fully saturated rings. The molecule has 19 heavy (non-hydrogen) atoms. The lowest BCUT2D eigenvalue weighted by atomic mass is 9.94. The predicted octanol–water partition coefficient (Wildman–Crippen LogP) is 1.80. The Hall–Kier alpha value is -1.62. The summed E-state index contributed by atoms with van der Waals surface area (Å²) in [5.74, 6) is 0.800. The van der Waals surface area contributed by atoms with E-state index in [0.717, 1.165) is 24.6 Å². The molecule has 5 heteroatoms. The summed E-state index contributed by atoms with van der Waals surface area (Å²) in [6, 6.07) is 4.45. The van der Waals surface area contributed by atoms with Crippen LogP contribution in [0.2, 0.25) is 0 Å². The number of oxime groups is 1. The first-order chi connectivity index (χ1) is 9.11. The van der Waals surface area contributed by atoms with Crippen LogP contribution in [0.4, 0.5) is 0 Å². The molecule has 2 rings (SSSR count). The number of nitrogens with two attached hydrogens (primary N) is 1. The molecule has 1 aromatic rings. The largest absolute Gasteiger partial charge is 0.409 e. The average Bonchev–Trinajstić information content (AvgIpc) is 2.42. The number of nitrogens with zero attached hydrogens (tertiary/aromatic N) is 3. The molecule has 1 aliphatic heterocycles. The minimum atomic E-state index is 0.0771. The predicted molar refractivity (Wildman–Crippen MR) is 75.0 cm³/mol. The highest BCUT2D eigenvalue weighted by atomic mass is 16.4. The van der Waals surface area contributed by atoms with Crippen LogP contribution in [0.3, 0.4) is 0 Å². The Morgan fingerprint density at radius 2 is 2.32 bits per heavy atom. The molecule has 0 spiro atoms. The molecule has 2 heterocycles. The summed E-state index contributed by atoms with van der Waals surface area (Å²) in [4.78, 5) is 6.66. The lowest BCUT2D eigenvalue weighted by molar-refractivity contribution is 0.117. The quantitative estimate of drug-likeness (QED) is 0.377. The standard InChI is InChI=1S/C14H22N4O/c1-10-5-6-11(2)18(8-10)9-12-4-3-7-16-13(12)14(15)17-19/h3-4,7,10-11,19H,5-6,8-9H2,1-2H3,(H2,15,17). The van der Waals surface area contributed by atoms with Crippen molar-refractivity contribution in [2.24, 2.45) is 16.8 Å². The second-order valence-corrected chi connectivity index (χ2v) is 5.46. The number of likely N-dealkylation sites (tertiary alicyclic amines) is 1. The van der Waals surface area contributed by atoms with Gasteiger partial charge in [0.05, 0.1) is 0 Å². The lowest BCUT2D eigenvalue weighted by Crippen LogP contribution is -2.40. The molecule has 0 radical (unpaired) electrons. The second-order valence-electron chi connectivity index (χ2n) is 5.46. The van der Waals surface area contributed by atoms with Crippen molar-refractivity contribution in [3.8, 4) is 0 Å². The summed E-state index contributed by atoms with van der Waals surface area (Å²) >= 11 is 0. The Balaban J connectivity index is 2.18. The SMILES string of the molecule is CC1CCC(C)N(Cc2cccnc2C(N)=NO)C1. The van der Waals surface area contributed by atoms with Crippen LogP contribution in [0.15, 0.2) is 23.5 Å². The van der Waals surface area contributed by atoms with E-state index in [1.807, 2.05) is 12.1 Å². The average molecular weight is 262 g/mol. The molecular weight excluding hydrogens is 240 g/mol. The van der Waals surface area contributed by atoms with E-state index in [1.54, 1.807) is 6.20 Å². The molecule has 2 atom stereocenters. The van der Waals surface area contributed by atoms with Crippen molar-refractivity contribution >= 4 is 5.84 Å². The van der Waals surface area contributed by atoms with E-state index >= 15 is 0 Å². The minimum Gasteiger partial charge on any atom is -0.409 e. The summed E-state index contributed by atoms with van der Waals surface area (Å²) in [5.41, 5.74) is 7.27. The van der Waals surface area contributed by atoms with Crippen LogP contribution < -0.4 is 5.73 Å². The normalized spacial score (nSPS) is 25.5. The van der Waals surface area contributed by atoms with Gasteiger partial charge in [-0.05, 0) is 37.3 Å². The molecule has 0 aliphatic carbocycles. The summed E-state index contributed by atoms with van der Waals surface area (Å²) in [7, 11) is 0. The summed E-state index contributed by atoms with van der Waals surface area (Å²) in [5, 5.41) is 11.9. The fourth-order valence-electron chi connectivity index (χ4n) is 2.66. The molecule has 104 valence electrons. The van der Waals surface area contributed by atoms with Gasteiger partial charge in [0.2, 0.25) is 0 Å². The highest BCUT2D eigenvalue weighted by Crippen LogP contribution is 2.23. The second kappa shape index (κ2) is 6.02. The number of amidine groups is 1. The van der Waals surface area contributed by atoms with E-state index in [1.165, 1.54) is 12.8 Å². The topological polar surface area (TPSA) is 74.7 Å². The molecule has 0 amide bonds. The summed E-state index contributed by atoms with van der Waals surface area (Å²) in [6.45, 7) is 6.43. The fraction of sp³-hybridized carbons (Fsp3) is 0.571. The molecule has 2 unspecified atom stereocenters. The van der Waals surface area contributed by atoms with Gasteiger partial charge in [-0.3, -0.25) is 9.88 Å². The van der Waals surface area contributed by atoms with Gasteiger partial charge in [-0.1, -0.05) is 18.1 Å². The van der Waals surface area contributed by atoms with Gasteiger partial charge >= 0.3 is 0 Å². The maximum absolute atomic E-state index is 8.82. The van der Waals surface area contributed by atoms with Crippen molar-refractivity contribution in [2.45, 2.75) is 39.3 Å². The summed E-state index contributed by atoms with van der Waals surface area (Å²) < 4.78 is 0. The van der Waals surface area contributed by atoms with Gasteiger partial charge in [-0.15, -0.1) is 0 Å². The Morgan fingerprint density at radius 3 is 3.05 bits per heavy atom. The maximum atomic E-state index is 8.82. The van der Waals surface area contributed by atoms with E-state index in [2.05, 4.69) is 28.9 Å². The van der Waals surface area contributed by atoms with Crippen molar-refractivity contribution in [3.05, 3.63) is 29.6 Å². The summed E-state index contributed by atoms with van der Waals surface area (Å²) in [6.07, 6.45) is 4.18. The van der Waals surface area contributed by atoms with Crippen LogP contribution in [-0.2, 0) is 6.54 Å². The molecule has 3 N–H and O–H groups in total. The smallest absolute Gasteiger partial charge is 0.189 e. The lowest BCUT2D eigenvalue weighted by Gasteiger charge is -2.37. The van der Waals surface area contributed by atoms with Crippen molar-refractivity contribution in [2.75, 3.05) is 6.54 Å². The van der Waals surface area contributed by atoms with Crippen LogP contribution in [0, 0.1) is 5.92 Å². The van der Waals surface area contributed by atoms with E-state index in [-0.39, 0.29) is 5.84 Å². The zero-order valence-electron chi connectivity index (χ0n) is 11.6. The van der Waals surface area contributed by atoms with Gasteiger partial charge < -0.3 is 10.9 Å². The van der Waals surface area contributed by atoms with Crippen molar-refractivity contribution in [1.29, 1.82) is 0 Å². The zero-order valence-corrected chi connectivity index (χ0v) is 11.6. The van der Waals surface area contributed by atoms with Gasteiger partial charge in [-0.2, -0.15) is 0 Å². The van der Waals surface area contributed by atoms with E-state index in [0.29, 0.717) is 11.7 Å². The van der Waals surface area contributed by atoms with Gasteiger partial charge in [0.15, 0.2) is 5.84 Å². The van der Waals surface area contributed by atoms with Gasteiger partial charge in [0, 0.05) is 25.3 Å². The Bertz CT molecular complexity index is 461. The van der Waals surface area contributed by atoms with Crippen molar-refractivity contribution in [1.82, 2.24) is 9.88 Å². The van der Waals surface area contributed by atoms with Crippen LogP contribution in [-0.4, -0.2) is 33.5 Å². The highest BCUT2D eigenvalue weighted by Gasteiger charge is 2.24. The molecule has 1 aromatic heterocycles. The van der Waals surface area contributed by atoms with Crippen molar-refractivity contribution < 1.29 is 5.21 Å². The molecule has 1 aliphatic rings. The van der Waals surface area contributed by atoms with Crippen LogP contribution in [0.1, 0.15) is 37.9 Å². The molecule has 0 saturated carbocycles. The van der Waals surface area contributed by atoms with E-state index < -0.39 is 0 Å². The first-order valence-corrected chi connectivity index (χ1v) is 6.77. The number of aromatic nitrogens is 1. The number of hydrogen-bond acceptors (Lipinski definition) is 4. The molecule has 1 saturated heterocycles. The third kappa shape index (κ3) is 3.23. The first-order valence-electron chi connectivity index (χ1n) is 6.77. The van der Waals surface area contributed by atoms with Crippen LogP contribution >= 0.6 is 0 Å². The Labute approximate surface area is 114 Å². The van der Waals surface area contributed by atoms with Gasteiger partial charge in [0.1, 0.15) is 5.69 Å². The number of pyridine rings is 1. The van der Waals surface area contributed by atoms with E-state index in [9.17, 15) is 0 Å². The van der Waals surface area contributed by atoms with Crippen LogP contribution in [0.25, 0.3) is 0 Å². The number of hydrogen-bond donors (Lipinski definition) is 2. The Kier molecular flexibility index (Phi) is 4.37. The number of piperidine rings is 1. The van der Waals surface area contributed by atoms with Crippen LogP contribution in [0.5, 0.6) is 0 Å². The maximum Gasteiger partial charge on any atom is 0.189 e. The molecule has 5 nitrogen and oxygen atoms in total. The molecule has 0 bridgehead atoms. The minimum absolute atomic E-state index is 0.0771. The number of rotatable bonds is 3. The van der Waals surface area contributed by atoms with E-state index in [4.69, 9.17) is 10.9 Å². The Morgan fingerprint density at radius 1 is 1.53 bits per heavy atom. The van der Waals surface area contributed by atoms with Gasteiger partial charge in [-0.25, -0.2) is 0 Å². The molecule has 0 aromatic carbocycles. The zero-order chi connectivity index (χ0) is 13.8. The van der Waals surface area contributed by atoms with Crippen molar-refractivity contribution in [3.63, 3.8) is 0 Å². The third-order valence-electron chi connectivity index (χ3n) is 3.86. The highest BCUT2D eigenvalue weighted by molar-refractivity contribution is 5.96. The fourth-order valence-corrected chi connectivity index (χ4v) is 2.66. The molecular formula is C14H22N4O. The third-order valence-corrected chi connectivity index (χ3v) is 3.86.